The van der Waals surface area contributed by atoms with Gasteiger partial charge in [-0.25, -0.2) is 9.37 Å². The fourth-order valence-electron chi connectivity index (χ4n) is 2.21. The maximum atomic E-state index is 12.8. The highest BCUT2D eigenvalue weighted by molar-refractivity contribution is 5.78. The fourth-order valence-corrected chi connectivity index (χ4v) is 2.21. The van der Waals surface area contributed by atoms with Gasteiger partial charge in [-0.15, -0.1) is 0 Å². The van der Waals surface area contributed by atoms with Crippen molar-refractivity contribution in [3.63, 3.8) is 0 Å². The topological polar surface area (TPSA) is 67.0 Å². The van der Waals surface area contributed by atoms with Crippen molar-refractivity contribution in [2.24, 2.45) is 0 Å². The quantitative estimate of drug-likeness (QED) is 0.761. The molecule has 0 aliphatic carbocycles. The minimum absolute atomic E-state index is 0.143. The summed E-state index contributed by atoms with van der Waals surface area (Å²) in [6.07, 6.45) is 0. The minimum atomic E-state index is -0.347. The number of aromatic nitrogens is 2. The Morgan fingerprint density at radius 3 is 2.74 bits per heavy atom. The number of nitrogens with zero attached hydrogens (tertiary/aromatic N) is 1. The van der Waals surface area contributed by atoms with Crippen molar-refractivity contribution < 1.29 is 13.9 Å². The standard InChI is InChI=1S/C17H16FN3O2/c1-11(17-20-14-4-2-3-5-15(14)21-17)19-16(22)10-23-13-8-6-12(18)7-9-13/h2-9,11H,10H2,1H3,(H,19,22)(H,20,21)/t11-/m1/s1. The number of amides is 1. The van der Waals surface area contributed by atoms with E-state index in [1.807, 2.05) is 31.2 Å². The lowest BCUT2D eigenvalue weighted by Crippen LogP contribution is -2.31. The first-order valence-corrected chi connectivity index (χ1v) is 7.24. The van der Waals surface area contributed by atoms with Crippen molar-refractivity contribution >= 4 is 16.9 Å². The van der Waals surface area contributed by atoms with Crippen molar-refractivity contribution in [2.45, 2.75) is 13.0 Å². The van der Waals surface area contributed by atoms with Gasteiger partial charge in [0, 0.05) is 0 Å². The summed E-state index contributed by atoms with van der Waals surface area (Å²) in [6.45, 7) is 1.70. The van der Waals surface area contributed by atoms with Gasteiger partial charge < -0.3 is 15.0 Å². The van der Waals surface area contributed by atoms with Crippen LogP contribution in [0.5, 0.6) is 5.75 Å². The van der Waals surface area contributed by atoms with E-state index in [1.54, 1.807) is 0 Å². The van der Waals surface area contributed by atoms with Gasteiger partial charge in [-0.1, -0.05) is 12.1 Å². The van der Waals surface area contributed by atoms with E-state index in [1.165, 1.54) is 24.3 Å². The molecule has 1 heterocycles. The Kier molecular flexibility index (Phi) is 4.23. The highest BCUT2D eigenvalue weighted by Crippen LogP contribution is 2.15. The molecule has 23 heavy (non-hydrogen) atoms. The van der Waals surface area contributed by atoms with Crippen LogP contribution in [0.4, 0.5) is 4.39 Å². The summed E-state index contributed by atoms with van der Waals surface area (Å²) in [6, 6.07) is 12.9. The summed E-state index contributed by atoms with van der Waals surface area (Å²) >= 11 is 0. The second-order valence-corrected chi connectivity index (χ2v) is 5.17. The Morgan fingerprint density at radius 2 is 2.00 bits per heavy atom. The molecule has 1 aromatic heterocycles. The molecule has 6 heteroatoms. The number of ether oxygens (including phenoxy) is 1. The summed E-state index contributed by atoms with van der Waals surface area (Å²) in [5.41, 5.74) is 1.78. The molecule has 118 valence electrons. The van der Waals surface area contributed by atoms with Crippen LogP contribution in [-0.2, 0) is 4.79 Å². The molecule has 0 spiro atoms. The number of carbonyl (C=O) groups excluding carboxylic acids is 1. The number of para-hydroxylation sites is 2. The first-order chi connectivity index (χ1) is 11.1. The molecule has 1 amide bonds. The number of rotatable bonds is 5. The number of aromatic amines is 1. The van der Waals surface area contributed by atoms with E-state index in [4.69, 9.17) is 4.74 Å². The zero-order valence-corrected chi connectivity index (χ0v) is 12.5. The van der Waals surface area contributed by atoms with E-state index in [-0.39, 0.29) is 24.4 Å². The van der Waals surface area contributed by atoms with E-state index >= 15 is 0 Å². The van der Waals surface area contributed by atoms with Crippen LogP contribution in [0.15, 0.2) is 48.5 Å². The number of hydrogen-bond acceptors (Lipinski definition) is 3. The van der Waals surface area contributed by atoms with E-state index in [0.29, 0.717) is 11.6 Å². The number of fused-ring (bicyclic) bond motifs is 1. The third kappa shape index (κ3) is 3.66. The molecule has 0 aliphatic rings. The first-order valence-electron chi connectivity index (χ1n) is 7.24. The molecular formula is C17H16FN3O2. The molecule has 0 fully saturated rings. The Morgan fingerprint density at radius 1 is 1.26 bits per heavy atom. The van der Waals surface area contributed by atoms with Crippen LogP contribution in [0.25, 0.3) is 11.0 Å². The normalized spacial score (nSPS) is 12.1. The molecule has 0 bridgehead atoms. The minimum Gasteiger partial charge on any atom is -0.484 e. The molecule has 2 N–H and O–H groups in total. The zero-order valence-electron chi connectivity index (χ0n) is 12.5. The van der Waals surface area contributed by atoms with Crippen molar-refractivity contribution in [2.75, 3.05) is 6.61 Å². The molecule has 1 atom stereocenters. The summed E-state index contributed by atoms with van der Waals surface area (Å²) in [7, 11) is 0. The van der Waals surface area contributed by atoms with Gasteiger partial charge in [0.05, 0.1) is 17.1 Å². The summed E-state index contributed by atoms with van der Waals surface area (Å²) < 4.78 is 18.1. The van der Waals surface area contributed by atoms with Gasteiger partial charge in [-0.05, 0) is 43.3 Å². The molecule has 0 radical (unpaired) electrons. The number of imidazole rings is 1. The zero-order chi connectivity index (χ0) is 16.2. The fraction of sp³-hybridized carbons (Fsp3) is 0.176. The molecular weight excluding hydrogens is 297 g/mol. The third-order valence-electron chi connectivity index (χ3n) is 3.38. The predicted molar refractivity (Wildman–Crippen MR) is 84.5 cm³/mol. The number of H-pyrrole nitrogens is 1. The smallest absolute Gasteiger partial charge is 0.258 e. The monoisotopic (exact) mass is 313 g/mol. The van der Waals surface area contributed by atoms with Crippen LogP contribution >= 0.6 is 0 Å². The SMILES string of the molecule is C[C@@H](NC(=O)COc1ccc(F)cc1)c1nc2ccccc2[nH]1. The van der Waals surface area contributed by atoms with Gasteiger partial charge in [0.2, 0.25) is 0 Å². The first kappa shape index (κ1) is 15.0. The molecule has 3 aromatic rings. The van der Waals surface area contributed by atoms with Gasteiger partial charge in [0.25, 0.3) is 5.91 Å². The molecule has 0 unspecified atom stereocenters. The van der Waals surface area contributed by atoms with Crippen molar-refractivity contribution in [1.29, 1.82) is 0 Å². The number of hydrogen-bond donors (Lipinski definition) is 2. The van der Waals surface area contributed by atoms with Crippen LogP contribution in [-0.4, -0.2) is 22.5 Å². The van der Waals surface area contributed by atoms with Crippen LogP contribution in [0.2, 0.25) is 0 Å². The Labute approximate surface area is 132 Å². The van der Waals surface area contributed by atoms with E-state index in [0.717, 1.165) is 11.0 Å². The molecule has 0 saturated heterocycles. The number of benzene rings is 2. The maximum Gasteiger partial charge on any atom is 0.258 e. The Balaban J connectivity index is 1.57. The number of halogens is 1. The van der Waals surface area contributed by atoms with Crippen molar-refractivity contribution in [1.82, 2.24) is 15.3 Å². The van der Waals surface area contributed by atoms with Crippen LogP contribution in [0.3, 0.4) is 0 Å². The molecule has 3 rings (SSSR count). The molecule has 0 saturated carbocycles. The van der Waals surface area contributed by atoms with Gasteiger partial charge in [-0.2, -0.15) is 0 Å². The van der Waals surface area contributed by atoms with Crippen molar-refractivity contribution in [3.05, 3.63) is 60.2 Å². The van der Waals surface area contributed by atoms with E-state index in [9.17, 15) is 9.18 Å². The van der Waals surface area contributed by atoms with Crippen LogP contribution < -0.4 is 10.1 Å². The van der Waals surface area contributed by atoms with Gasteiger partial charge in [0.1, 0.15) is 17.4 Å². The summed E-state index contributed by atoms with van der Waals surface area (Å²) in [4.78, 5) is 19.5. The van der Waals surface area contributed by atoms with Gasteiger partial charge in [0.15, 0.2) is 6.61 Å². The third-order valence-corrected chi connectivity index (χ3v) is 3.38. The number of nitrogens with one attached hydrogen (secondary N) is 2. The lowest BCUT2D eigenvalue weighted by atomic mass is 10.3. The van der Waals surface area contributed by atoms with Crippen molar-refractivity contribution in [3.8, 4) is 5.75 Å². The second-order valence-electron chi connectivity index (χ2n) is 5.17. The van der Waals surface area contributed by atoms with Gasteiger partial charge >= 0.3 is 0 Å². The Bertz CT molecular complexity index is 781. The molecule has 0 aliphatic heterocycles. The van der Waals surface area contributed by atoms with Crippen LogP contribution in [0.1, 0.15) is 18.8 Å². The maximum absolute atomic E-state index is 12.8. The van der Waals surface area contributed by atoms with E-state index in [2.05, 4.69) is 15.3 Å². The Hall–Kier alpha value is -2.89. The largest absolute Gasteiger partial charge is 0.484 e. The second kappa shape index (κ2) is 6.48. The molecule has 5 nitrogen and oxygen atoms in total. The highest BCUT2D eigenvalue weighted by atomic mass is 19.1. The van der Waals surface area contributed by atoms with Gasteiger partial charge in [-0.3, -0.25) is 4.79 Å². The average molecular weight is 313 g/mol. The number of carbonyl (C=O) groups is 1. The lowest BCUT2D eigenvalue weighted by molar-refractivity contribution is -0.123. The van der Waals surface area contributed by atoms with Crippen LogP contribution in [0, 0.1) is 5.82 Å². The van der Waals surface area contributed by atoms with E-state index < -0.39 is 0 Å². The summed E-state index contributed by atoms with van der Waals surface area (Å²) in [5, 5.41) is 2.81. The summed E-state index contributed by atoms with van der Waals surface area (Å²) in [5.74, 6) is 0.502. The lowest BCUT2D eigenvalue weighted by Gasteiger charge is -2.12. The predicted octanol–water partition coefficient (Wildman–Crippen LogP) is 2.96. The average Bonchev–Trinajstić information content (AvgIpc) is 2.98. The highest BCUT2D eigenvalue weighted by Gasteiger charge is 2.13. The molecule has 2 aromatic carbocycles.